The van der Waals surface area contributed by atoms with E-state index in [1.807, 2.05) is 47.5 Å². The number of anilines is 1. The number of aryl methyl sites for hydroxylation is 1. The molecule has 1 aliphatic heterocycles. The van der Waals surface area contributed by atoms with Crippen LogP contribution in [0.1, 0.15) is 37.1 Å². The molecule has 2 N–H and O–H groups in total. The van der Waals surface area contributed by atoms with Gasteiger partial charge in [-0.05, 0) is 42.5 Å². The average molecular weight is 374 g/mol. The Morgan fingerprint density at radius 2 is 2.07 bits per heavy atom. The molecule has 2 aromatic carbocycles. The van der Waals surface area contributed by atoms with Crippen molar-refractivity contribution in [2.75, 3.05) is 18.4 Å². The van der Waals surface area contributed by atoms with Crippen molar-refractivity contribution in [2.45, 2.75) is 32.1 Å². The highest BCUT2D eigenvalue weighted by atomic mass is 16.2. The fourth-order valence-corrected chi connectivity index (χ4v) is 3.76. The van der Waals surface area contributed by atoms with Gasteiger partial charge < -0.3 is 15.2 Å². The van der Waals surface area contributed by atoms with Crippen LogP contribution in [0.25, 0.3) is 11.3 Å². The number of carbonyl (C=O) groups is 1. The first kappa shape index (κ1) is 18.3. The fourth-order valence-electron chi connectivity index (χ4n) is 3.76. The van der Waals surface area contributed by atoms with E-state index >= 15 is 0 Å². The standard InChI is InChI=1S/C23H26N4O/c1-2-17-8-6-12-20(14-17)25-23(28)27-13-7-11-19(16-27)22-24-15-21(26-22)18-9-4-3-5-10-18/h3-6,8-10,12,14-15,19H,2,7,11,13,16H2,1H3,(H,24,26)(H,25,28)/t19-/m1/s1. The first-order valence-corrected chi connectivity index (χ1v) is 9.98. The van der Waals surface area contributed by atoms with Gasteiger partial charge in [-0.3, -0.25) is 0 Å². The molecule has 0 unspecified atom stereocenters. The fraction of sp³-hybridized carbons (Fsp3) is 0.304. The third-order valence-electron chi connectivity index (χ3n) is 5.36. The maximum Gasteiger partial charge on any atom is 0.321 e. The Morgan fingerprint density at radius 1 is 1.21 bits per heavy atom. The molecule has 5 nitrogen and oxygen atoms in total. The first-order chi connectivity index (χ1) is 13.7. The van der Waals surface area contributed by atoms with Crippen LogP contribution in [-0.2, 0) is 6.42 Å². The number of rotatable bonds is 4. The van der Waals surface area contributed by atoms with Crippen LogP contribution in [0.3, 0.4) is 0 Å². The van der Waals surface area contributed by atoms with E-state index < -0.39 is 0 Å². The first-order valence-electron chi connectivity index (χ1n) is 9.98. The number of hydrogen-bond acceptors (Lipinski definition) is 2. The van der Waals surface area contributed by atoms with E-state index in [0.29, 0.717) is 6.54 Å². The smallest absolute Gasteiger partial charge is 0.321 e. The third kappa shape index (κ3) is 4.09. The summed E-state index contributed by atoms with van der Waals surface area (Å²) in [5.74, 6) is 1.20. The van der Waals surface area contributed by atoms with Crippen LogP contribution >= 0.6 is 0 Å². The van der Waals surface area contributed by atoms with Crippen molar-refractivity contribution in [1.82, 2.24) is 14.9 Å². The number of nitrogens with zero attached hydrogens (tertiary/aromatic N) is 2. The zero-order valence-electron chi connectivity index (χ0n) is 16.2. The monoisotopic (exact) mass is 374 g/mol. The van der Waals surface area contributed by atoms with Gasteiger partial charge in [-0.1, -0.05) is 49.4 Å². The second-order valence-corrected chi connectivity index (χ2v) is 7.32. The number of amides is 2. The van der Waals surface area contributed by atoms with Crippen LogP contribution in [0.5, 0.6) is 0 Å². The van der Waals surface area contributed by atoms with Gasteiger partial charge in [0.05, 0.1) is 11.9 Å². The highest BCUT2D eigenvalue weighted by molar-refractivity contribution is 5.89. The highest BCUT2D eigenvalue weighted by Gasteiger charge is 2.26. The zero-order valence-corrected chi connectivity index (χ0v) is 16.2. The van der Waals surface area contributed by atoms with Gasteiger partial charge in [0.15, 0.2) is 0 Å². The molecule has 144 valence electrons. The van der Waals surface area contributed by atoms with E-state index in [1.54, 1.807) is 0 Å². The molecule has 4 rings (SSSR count). The summed E-state index contributed by atoms with van der Waals surface area (Å²) in [5, 5.41) is 3.05. The molecule has 2 heterocycles. The number of imidazole rings is 1. The molecule has 3 aromatic rings. The van der Waals surface area contributed by atoms with Gasteiger partial charge in [-0.25, -0.2) is 9.78 Å². The number of aromatic amines is 1. The van der Waals surface area contributed by atoms with Crippen LogP contribution in [0.4, 0.5) is 10.5 Å². The molecule has 0 aliphatic carbocycles. The Balaban J connectivity index is 1.43. The second-order valence-electron chi connectivity index (χ2n) is 7.32. The lowest BCUT2D eigenvalue weighted by molar-refractivity contribution is 0.191. The van der Waals surface area contributed by atoms with Crippen LogP contribution in [-0.4, -0.2) is 34.0 Å². The Hall–Kier alpha value is -3.08. The van der Waals surface area contributed by atoms with E-state index in [2.05, 4.69) is 40.4 Å². The molecular weight excluding hydrogens is 348 g/mol. The number of nitrogens with one attached hydrogen (secondary N) is 2. The summed E-state index contributed by atoms with van der Waals surface area (Å²) in [6.07, 6.45) is 4.86. The molecule has 28 heavy (non-hydrogen) atoms. The number of H-pyrrole nitrogens is 1. The van der Waals surface area contributed by atoms with Crippen molar-refractivity contribution >= 4 is 11.7 Å². The summed E-state index contributed by atoms with van der Waals surface area (Å²) < 4.78 is 0. The zero-order chi connectivity index (χ0) is 19.3. The Bertz CT molecular complexity index is 935. The molecule has 5 heteroatoms. The minimum atomic E-state index is -0.0345. The summed E-state index contributed by atoms with van der Waals surface area (Å²) in [4.78, 5) is 22.7. The number of carbonyl (C=O) groups excluding carboxylic acids is 1. The van der Waals surface area contributed by atoms with Crippen molar-refractivity contribution in [3.63, 3.8) is 0 Å². The SMILES string of the molecule is CCc1cccc(NC(=O)N2CCC[C@@H](c3ncc(-c4ccccc4)[nH]3)C2)c1. The number of piperidine rings is 1. The predicted molar refractivity (Wildman–Crippen MR) is 112 cm³/mol. The maximum absolute atomic E-state index is 12.8. The third-order valence-corrected chi connectivity index (χ3v) is 5.36. The molecule has 1 aliphatic rings. The molecule has 0 bridgehead atoms. The minimum absolute atomic E-state index is 0.0345. The lowest BCUT2D eigenvalue weighted by Gasteiger charge is -2.32. The van der Waals surface area contributed by atoms with Crippen LogP contribution in [0.15, 0.2) is 60.8 Å². The quantitative estimate of drug-likeness (QED) is 0.671. The molecule has 1 fully saturated rings. The van der Waals surface area contributed by atoms with Gasteiger partial charge in [0.25, 0.3) is 0 Å². The molecule has 2 amide bonds. The topological polar surface area (TPSA) is 61.0 Å². The Kier molecular flexibility index (Phi) is 5.42. The van der Waals surface area contributed by atoms with Crippen molar-refractivity contribution in [3.05, 3.63) is 72.2 Å². The molecule has 1 aromatic heterocycles. The average Bonchev–Trinajstić information content (AvgIpc) is 3.25. The summed E-state index contributed by atoms with van der Waals surface area (Å²) >= 11 is 0. The number of hydrogen-bond donors (Lipinski definition) is 2. The number of aromatic nitrogens is 2. The van der Waals surface area contributed by atoms with E-state index in [0.717, 1.165) is 48.6 Å². The largest absolute Gasteiger partial charge is 0.342 e. The van der Waals surface area contributed by atoms with Crippen LogP contribution in [0, 0.1) is 0 Å². The van der Waals surface area contributed by atoms with E-state index in [9.17, 15) is 4.79 Å². The molecule has 1 atom stereocenters. The van der Waals surface area contributed by atoms with Gasteiger partial charge in [0.1, 0.15) is 5.82 Å². The maximum atomic E-state index is 12.8. The van der Waals surface area contributed by atoms with Crippen molar-refractivity contribution < 1.29 is 4.79 Å². The van der Waals surface area contributed by atoms with Gasteiger partial charge in [-0.2, -0.15) is 0 Å². The summed E-state index contributed by atoms with van der Waals surface area (Å²) in [6, 6.07) is 18.2. The molecule has 0 spiro atoms. The summed E-state index contributed by atoms with van der Waals surface area (Å²) in [5.41, 5.74) is 4.23. The summed E-state index contributed by atoms with van der Waals surface area (Å²) in [6.45, 7) is 3.58. The van der Waals surface area contributed by atoms with E-state index in [-0.39, 0.29) is 11.9 Å². The number of benzene rings is 2. The molecule has 0 radical (unpaired) electrons. The van der Waals surface area contributed by atoms with Crippen molar-refractivity contribution in [2.24, 2.45) is 0 Å². The van der Waals surface area contributed by atoms with E-state index in [4.69, 9.17) is 0 Å². The highest BCUT2D eigenvalue weighted by Crippen LogP contribution is 2.27. The minimum Gasteiger partial charge on any atom is -0.342 e. The molecule has 0 saturated carbocycles. The van der Waals surface area contributed by atoms with Gasteiger partial charge >= 0.3 is 6.03 Å². The van der Waals surface area contributed by atoms with Crippen molar-refractivity contribution in [1.29, 1.82) is 0 Å². The van der Waals surface area contributed by atoms with Crippen LogP contribution in [0.2, 0.25) is 0 Å². The van der Waals surface area contributed by atoms with Gasteiger partial charge in [0.2, 0.25) is 0 Å². The predicted octanol–water partition coefficient (Wildman–Crippen LogP) is 5.05. The second kappa shape index (κ2) is 8.30. The number of urea groups is 1. The van der Waals surface area contributed by atoms with E-state index in [1.165, 1.54) is 5.56 Å². The lowest BCUT2D eigenvalue weighted by atomic mass is 9.97. The molecular formula is C23H26N4O. The molecule has 1 saturated heterocycles. The van der Waals surface area contributed by atoms with Gasteiger partial charge in [0, 0.05) is 24.7 Å². The normalized spacial score (nSPS) is 16.8. The lowest BCUT2D eigenvalue weighted by Crippen LogP contribution is -2.41. The van der Waals surface area contributed by atoms with Crippen LogP contribution < -0.4 is 5.32 Å². The van der Waals surface area contributed by atoms with Gasteiger partial charge in [-0.15, -0.1) is 0 Å². The summed E-state index contributed by atoms with van der Waals surface area (Å²) in [7, 11) is 0. The Labute approximate surface area is 165 Å². The number of likely N-dealkylation sites (tertiary alicyclic amines) is 1. The Morgan fingerprint density at radius 3 is 2.89 bits per heavy atom. The van der Waals surface area contributed by atoms with Crippen molar-refractivity contribution in [3.8, 4) is 11.3 Å².